The molecular weight excluding hydrogens is 552 g/mol. The molecule has 2 aliphatic heterocycles. The Morgan fingerprint density at radius 3 is 2.53 bits per heavy atom. The van der Waals surface area contributed by atoms with E-state index in [1.165, 1.54) is 5.56 Å². The molecule has 0 spiro atoms. The van der Waals surface area contributed by atoms with Crippen LogP contribution in [0.3, 0.4) is 0 Å². The Morgan fingerprint density at radius 2 is 1.74 bits per heavy atom. The van der Waals surface area contributed by atoms with Crippen LogP contribution in [0.5, 0.6) is 0 Å². The highest BCUT2D eigenvalue weighted by Gasteiger charge is 2.23. The minimum atomic E-state index is -1.20. The van der Waals surface area contributed by atoms with Crippen molar-refractivity contribution in [2.75, 3.05) is 38.2 Å². The number of carbonyl (C=O) groups is 1. The van der Waals surface area contributed by atoms with Crippen LogP contribution in [0.25, 0.3) is 34.7 Å². The zero-order chi connectivity index (χ0) is 29.8. The zero-order valence-electron chi connectivity index (χ0n) is 25.3. The zero-order valence-corrected chi connectivity index (χ0v) is 26.3. The third-order valence-electron chi connectivity index (χ3n) is 7.96. The fourth-order valence-corrected chi connectivity index (χ4v) is 6.19. The predicted octanol–water partition coefficient (Wildman–Crippen LogP) is 6.84. The molecule has 0 radical (unpaired) electrons. The lowest BCUT2D eigenvalue weighted by molar-refractivity contribution is -0.110. The maximum Gasteiger partial charge on any atom is 0.256 e. The second-order valence-electron chi connectivity index (χ2n) is 12.5. The van der Waals surface area contributed by atoms with Crippen LogP contribution in [0.1, 0.15) is 27.9 Å². The van der Waals surface area contributed by atoms with E-state index in [1.54, 1.807) is 0 Å². The first-order valence-electron chi connectivity index (χ1n) is 15.1. The quantitative estimate of drug-likeness (QED) is 0.124. The van der Waals surface area contributed by atoms with Gasteiger partial charge in [0.25, 0.3) is 5.91 Å². The minimum absolute atomic E-state index is 0.0796. The molecule has 0 bridgehead atoms. The molecule has 0 saturated carbocycles. The molecular formula is C35H40N4O3Si. The molecule has 0 unspecified atom stereocenters. The first-order valence-corrected chi connectivity index (χ1v) is 18.8. The first-order chi connectivity index (χ1) is 20.8. The summed E-state index contributed by atoms with van der Waals surface area (Å²) in [6, 6.07) is 23.9. The maximum absolute atomic E-state index is 12.7. The van der Waals surface area contributed by atoms with E-state index in [0.29, 0.717) is 12.3 Å². The average Bonchev–Trinajstić information content (AvgIpc) is 3.51. The smallest absolute Gasteiger partial charge is 0.256 e. The fourth-order valence-electron chi connectivity index (χ4n) is 5.43. The number of benzene rings is 3. The molecule has 0 atom stereocenters. The van der Waals surface area contributed by atoms with Crippen molar-refractivity contribution in [1.29, 1.82) is 0 Å². The Morgan fingerprint density at radius 1 is 0.977 bits per heavy atom. The monoisotopic (exact) mass is 592 g/mol. The van der Waals surface area contributed by atoms with Gasteiger partial charge in [-0.05, 0) is 53.1 Å². The number of anilines is 1. The Labute approximate surface area is 254 Å². The second kappa shape index (κ2) is 12.8. The molecule has 3 aromatic carbocycles. The number of ether oxygens (including phenoxy) is 2. The number of hydrogen-bond donors (Lipinski definition) is 1. The molecule has 1 aromatic heterocycles. The number of morpholine rings is 1. The molecule has 4 aromatic rings. The number of amides is 1. The number of nitrogens with zero attached hydrogens (tertiary/aromatic N) is 3. The molecule has 8 heteroatoms. The molecule has 1 fully saturated rings. The molecule has 1 amide bonds. The summed E-state index contributed by atoms with van der Waals surface area (Å²) < 4.78 is 13.5. The van der Waals surface area contributed by atoms with Gasteiger partial charge in [0.2, 0.25) is 0 Å². The van der Waals surface area contributed by atoms with Crippen molar-refractivity contribution in [3.05, 3.63) is 94.7 Å². The van der Waals surface area contributed by atoms with E-state index in [1.807, 2.05) is 35.0 Å². The number of aromatic nitrogens is 2. The Kier molecular flexibility index (Phi) is 8.72. The summed E-state index contributed by atoms with van der Waals surface area (Å²) in [5, 5.41) is 8.97. The van der Waals surface area contributed by atoms with Gasteiger partial charge in [-0.3, -0.25) is 9.69 Å². The van der Waals surface area contributed by atoms with Crippen molar-refractivity contribution in [1.82, 2.24) is 14.7 Å². The Hall–Kier alpha value is -3.82. The molecule has 0 aliphatic carbocycles. The average molecular weight is 593 g/mol. The lowest BCUT2D eigenvalue weighted by atomic mass is 10.0. The van der Waals surface area contributed by atoms with Crippen molar-refractivity contribution in [3.63, 3.8) is 0 Å². The fraction of sp³-hybridized carbons (Fsp3) is 0.314. The Bertz CT molecular complexity index is 1660. The van der Waals surface area contributed by atoms with Gasteiger partial charge >= 0.3 is 0 Å². The topological polar surface area (TPSA) is 68.6 Å². The number of hydrogen-bond acceptors (Lipinski definition) is 5. The lowest BCUT2D eigenvalue weighted by Crippen LogP contribution is -2.35. The summed E-state index contributed by atoms with van der Waals surface area (Å²) in [7, 11) is -1.20. The van der Waals surface area contributed by atoms with Crippen LogP contribution >= 0.6 is 0 Å². The van der Waals surface area contributed by atoms with Crippen molar-refractivity contribution < 1.29 is 14.3 Å². The summed E-state index contributed by atoms with van der Waals surface area (Å²) in [5.41, 5.74) is 7.71. The predicted molar refractivity (Wildman–Crippen MR) is 178 cm³/mol. The van der Waals surface area contributed by atoms with Crippen LogP contribution in [0.2, 0.25) is 25.7 Å². The maximum atomic E-state index is 12.7. The third kappa shape index (κ3) is 7.22. The van der Waals surface area contributed by atoms with E-state index in [2.05, 4.69) is 84.5 Å². The molecule has 1 saturated heterocycles. The molecule has 7 nitrogen and oxygen atoms in total. The van der Waals surface area contributed by atoms with E-state index >= 15 is 0 Å². The summed E-state index contributed by atoms with van der Waals surface area (Å²) in [6.45, 7) is 12.7. The van der Waals surface area contributed by atoms with E-state index in [-0.39, 0.29) is 5.91 Å². The van der Waals surface area contributed by atoms with Gasteiger partial charge in [0.05, 0.1) is 24.4 Å². The van der Waals surface area contributed by atoms with Gasteiger partial charge in [0, 0.05) is 56.5 Å². The SMILES string of the molecule is C[Si](C)(C)CCOCn1nc(/C=C/c2ccc(CN3CCOCC3)cc2)c2ccc(/C=C3/C(=O)Nc4ccccc43)cc21. The highest BCUT2D eigenvalue weighted by atomic mass is 28.3. The lowest BCUT2D eigenvalue weighted by Gasteiger charge is -2.26. The largest absolute Gasteiger partial charge is 0.379 e. The number of rotatable bonds is 10. The van der Waals surface area contributed by atoms with Gasteiger partial charge in [-0.15, -0.1) is 0 Å². The molecule has 1 N–H and O–H groups in total. The standard InChI is InChI=1S/C35H40N4O3Si/c1-43(2,3)21-20-42-25-39-34-23-28(22-31-29-6-4-5-7-32(29)36-35(31)40)12-14-30(34)33(37-39)15-13-26-8-10-27(11-9-26)24-38-16-18-41-19-17-38/h4-15,22-23H,16-21,24-25H2,1-3H3,(H,36,40)/b15-13+,31-22+. The molecule has 6 rings (SSSR count). The van der Waals surface area contributed by atoms with Gasteiger partial charge in [-0.1, -0.05) is 74.2 Å². The van der Waals surface area contributed by atoms with Gasteiger partial charge in [-0.2, -0.15) is 5.10 Å². The number of carbonyl (C=O) groups excluding carboxylic acids is 1. The molecule has 3 heterocycles. The third-order valence-corrected chi connectivity index (χ3v) is 9.66. The molecule has 222 valence electrons. The highest BCUT2D eigenvalue weighted by molar-refractivity contribution is 6.76. The normalized spacial score (nSPS) is 16.8. The van der Waals surface area contributed by atoms with Crippen LogP contribution < -0.4 is 5.32 Å². The van der Waals surface area contributed by atoms with Crippen LogP contribution in [-0.4, -0.2) is 61.6 Å². The molecule has 2 aliphatic rings. The minimum Gasteiger partial charge on any atom is -0.379 e. The number of nitrogens with one attached hydrogen (secondary N) is 1. The number of fused-ring (bicyclic) bond motifs is 2. The van der Waals surface area contributed by atoms with Gasteiger partial charge in [0.15, 0.2) is 0 Å². The van der Waals surface area contributed by atoms with E-state index in [4.69, 9.17) is 14.6 Å². The van der Waals surface area contributed by atoms with Gasteiger partial charge < -0.3 is 14.8 Å². The summed E-state index contributed by atoms with van der Waals surface area (Å²) in [6.07, 6.45) is 6.15. The van der Waals surface area contributed by atoms with E-state index in [0.717, 1.165) is 84.5 Å². The Balaban J connectivity index is 1.25. The van der Waals surface area contributed by atoms with Crippen molar-refractivity contribution in [3.8, 4) is 0 Å². The highest BCUT2D eigenvalue weighted by Crippen LogP contribution is 2.33. The van der Waals surface area contributed by atoms with Crippen LogP contribution in [0.4, 0.5) is 5.69 Å². The van der Waals surface area contributed by atoms with Crippen LogP contribution in [0.15, 0.2) is 66.7 Å². The van der Waals surface area contributed by atoms with Crippen molar-refractivity contribution in [2.24, 2.45) is 0 Å². The van der Waals surface area contributed by atoms with Crippen LogP contribution in [-0.2, 0) is 27.5 Å². The van der Waals surface area contributed by atoms with Crippen molar-refractivity contribution >= 4 is 54.4 Å². The molecule has 43 heavy (non-hydrogen) atoms. The van der Waals surface area contributed by atoms with Crippen LogP contribution in [0, 0.1) is 0 Å². The van der Waals surface area contributed by atoms with E-state index < -0.39 is 8.07 Å². The second-order valence-corrected chi connectivity index (χ2v) is 18.2. The first kappa shape index (κ1) is 29.3. The van der Waals surface area contributed by atoms with Crippen molar-refractivity contribution in [2.45, 2.75) is 39.0 Å². The van der Waals surface area contributed by atoms with E-state index in [9.17, 15) is 4.79 Å². The summed E-state index contributed by atoms with van der Waals surface area (Å²) in [5.74, 6) is -0.0796. The summed E-state index contributed by atoms with van der Waals surface area (Å²) >= 11 is 0. The number of para-hydroxylation sites is 1. The van der Waals surface area contributed by atoms with Gasteiger partial charge in [-0.25, -0.2) is 4.68 Å². The summed E-state index contributed by atoms with van der Waals surface area (Å²) in [4.78, 5) is 15.2. The van der Waals surface area contributed by atoms with Gasteiger partial charge in [0.1, 0.15) is 6.73 Å².